The zero-order valence-electron chi connectivity index (χ0n) is 11.6. The summed E-state index contributed by atoms with van der Waals surface area (Å²) < 4.78 is 38.9. The van der Waals surface area contributed by atoms with Gasteiger partial charge in [-0.25, -0.2) is 0 Å². The molecule has 110 valence electrons. The Morgan fingerprint density at radius 1 is 1.30 bits per heavy atom. The van der Waals surface area contributed by atoms with Gasteiger partial charge in [0.05, 0.1) is 5.56 Å². The van der Waals surface area contributed by atoms with Crippen molar-refractivity contribution in [3.63, 3.8) is 0 Å². The number of piperidine rings is 1. The topological polar surface area (TPSA) is 20.3 Å². The van der Waals surface area contributed by atoms with Crippen LogP contribution in [-0.2, 0) is 6.18 Å². The smallest absolute Gasteiger partial charge is 0.369 e. The summed E-state index contributed by atoms with van der Waals surface area (Å²) >= 11 is 0. The highest BCUT2D eigenvalue weighted by atomic mass is 19.4. The number of halogens is 3. The molecule has 0 bridgehead atoms. The second-order valence-electron chi connectivity index (χ2n) is 5.44. The van der Waals surface area contributed by atoms with Crippen molar-refractivity contribution >= 4 is 12.0 Å². The predicted octanol–water partition coefficient (Wildman–Crippen LogP) is 4.14. The molecule has 0 N–H and O–H groups in total. The Bertz CT molecular complexity index is 498. The summed E-state index contributed by atoms with van der Waals surface area (Å²) in [4.78, 5) is 12.8. The third-order valence-corrected chi connectivity index (χ3v) is 4.17. The number of benzene rings is 1. The van der Waals surface area contributed by atoms with Crippen molar-refractivity contribution in [2.24, 2.45) is 5.92 Å². The van der Waals surface area contributed by atoms with Gasteiger partial charge in [0.15, 0.2) is 6.29 Å². The van der Waals surface area contributed by atoms with Gasteiger partial charge in [-0.1, -0.05) is 6.92 Å². The van der Waals surface area contributed by atoms with E-state index in [1.807, 2.05) is 11.8 Å². The van der Waals surface area contributed by atoms with E-state index in [-0.39, 0.29) is 17.9 Å². The highest BCUT2D eigenvalue weighted by Gasteiger charge is 2.34. The molecule has 1 heterocycles. The molecule has 2 unspecified atom stereocenters. The molecule has 5 heteroatoms. The average Bonchev–Trinajstić information content (AvgIpc) is 2.40. The minimum atomic E-state index is -4.50. The Morgan fingerprint density at radius 3 is 2.60 bits per heavy atom. The van der Waals surface area contributed by atoms with E-state index in [1.165, 1.54) is 6.07 Å². The standard InChI is InChI=1S/C15H18F3NO/c1-10-4-3-7-19(11(10)2)13-6-5-12(9-20)14(8-13)15(16,17)18/h5-6,8-11H,3-4,7H2,1-2H3. The molecule has 0 radical (unpaired) electrons. The SMILES string of the molecule is CC1CCCN(c2ccc(C=O)c(C(F)(F)F)c2)C1C. The molecule has 0 saturated carbocycles. The molecule has 1 fully saturated rings. The van der Waals surface area contributed by atoms with Gasteiger partial charge in [-0.3, -0.25) is 4.79 Å². The van der Waals surface area contributed by atoms with Gasteiger partial charge in [-0.2, -0.15) is 13.2 Å². The van der Waals surface area contributed by atoms with Gasteiger partial charge in [-0.05, 0) is 43.9 Å². The van der Waals surface area contributed by atoms with Crippen molar-refractivity contribution in [1.29, 1.82) is 0 Å². The number of aldehydes is 1. The van der Waals surface area contributed by atoms with Crippen LogP contribution in [-0.4, -0.2) is 18.9 Å². The Morgan fingerprint density at radius 2 is 2.00 bits per heavy atom. The molecule has 2 rings (SSSR count). The van der Waals surface area contributed by atoms with Crippen LogP contribution in [0.1, 0.15) is 42.6 Å². The number of nitrogens with zero attached hydrogens (tertiary/aromatic N) is 1. The molecule has 2 nitrogen and oxygen atoms in total. The number of hydrogen-bond donors (Lipinski definition) is 0. The van der Waals surface area contributed by atoms with E-state index >= 15 is 0 Å². The third kappa shape index (κ3) is 2.81. The van der Waals surface area contributed by atoms with Gasteiger partial charge in [0.2, 0.25) is 0 Å². The fourth-order valence-corrected chi connectivity index (χ4v) is 2.77. The van der Waals surface area contributed by atoms with Crippen LogP contribution in [0.15, 0.2) is 18.2 Å². The van der Waals surface area contributed by atoms with Crippen molar-refractivity contribution in [2.45, 2.75) is 38.9 Å². The lowest BCUT2D eigenvalue weighted by Crippen LogP contribution is -2.42. The maximum atomic E-state index is 13.0. The monoisotopic (exact) mass is 285 g/mol. The molecule has 1 aromatic carbocycles. The van der Waals surface area contributed by atoms with E-state index in [0.29, 0.717) is 11.6 Å². The normalized spacial score (nSPS) is 23.8. The molecular formula is C15H18F3NO. The van der Waals surface area contributed by atoms with Crippen molar-refractivity contribution in [3.8, 4) is 0 Å². The highest BCUT2D eigenvalue weighted by molar-refractivity contribution is 5.79. The van der Waals surface area contributed by atoms with Crippen LogP contribution in [0, 0.1) is 5.92 Å². The second-order valence-corrected chi connectivity index (χ2v) is 5.44. The lowest BCUT2D eigenvalue weighted by molar-refractivity contribution is -0.137. The van der Waals surface area contributed by atoms with Crippen molar-refractivity contribution in [1.82, 2.24) is 0 Å². The van der Waals surface area contributed by atoms with Gasteiger partial charge in [-0.15, -0.1) is 0 Å². The number of carbonyl (C=O) groups excluding carboxylic acids is 1. The van der Waals surface area contributed by atoms with Crippen LogP contribution < -0.4 is 4.90 Å². The van der Waals surface area contributed by atoms with Crippen LogP contribution in [0.5, 0.6) is 0 Å². The fraction of sp³-hybridized carbons (Fsp3) is 0.533. The molecule has 0 spiro atoms. The van der Waals surface area contributed by atoms with Gasteiger partial charge in [0.25, 0.3) is 0 Å². The highest BCUT2D eigenvalue weighted by Crippen LogP contribution is 2.36. The first-order chi connectivity index (χ1) is 9.34. The summed E-state index contributed by atoms with van der Waals surface area (Å²) in [5, 5.41) is 0. The molecule has 0 amide bonds. The lowest BCUT2D eigenvalue weighted by atomic mass is 9.91. The minimum absolute atomic E-state index is 0.201. The van der Waals surface area contributed by atoms with Crippen LogP contribution in [0.25, 0.3) is 0 Å². The minimum Gasteiger partial charge on any atom is -0.369 e. The van der Waals surface area contributed by atoms with E-state index in [1.54, 1.807) is 6.07 Å². The molecule has 1 aliphatic heterocycles. The van der Waals surface area contributed by atoms with Crippen LogP contribution in [0.2, 0.25) is 0 Å². The number of carbonyl (C=O) groups is 1. The van der Waals surface area contributed by atoms with Gasteiger partial charge < -0.3 is 4.90 Å². The van der Waals surface area contributed by atoms with Gasteiger partial charge in [0, 0.05) is 23.8 Å². The first-order valence-electron chi connectivity index (χ1n) is 6.77. The average molecular weight is 285 g/mol. The van der Waals surface area contributed by atoms with E-state index in [9.17, 15) is 18.0 Å². The summed E-state index contributed by atoms with van der Waals surface area (Å²) in [7, 11) is 0. The molecule has 0 aromatic heterocycles. The van der Waals surface area contributed by atoms with Crippen LogP contribution >= 0.6 is 0 Å². The van der Waals surface area contributed by atoms with E-state index < -0.39 is 11.7 Å². The number of alkyl halides is 3. The van der Waals surface area contributed by atoms with Crippen LogP contribution in [0.4, 0.5) is 18.9 Å². The van der Waals surface area contributed by atoms with E-state index in [2.05, 4.69) is 6.92 Å². The van der Waals surface area contributed by atoms with Crippen molar-refractivity contribution in [3.05, 3.63) is 29.3 Å². The maximum absolute atomic E-state index is 13.0. The van der Waals surface area contributed by atoms with Crippen molar-refractivity contribution < 1.29 is 18.0 Å². The molecule has 1 saturated heterocycles. The maximum Gasteiger partial charge on any atom is 0.417 e. The summed E-state index contributed by atoms with van der Waals surface area (Å²) in [6.07, 6.45) is -2.18. The first kappa shape index (κ1) is 14.9. The Hall–Kier alpha value is -1.52. The number of hydrogen-bond acceptors (Lipinski definition) is 2. The predicted molar refractivity (Wildman–Crippen MR) is 72.0 cm³/mol. The van der Waals surface area contributed by atoms with Gasteiger partial charge in [0.1, 0.15) is 0 Å². The quantitative estimate of drug-likeness (QED) is 0.761. The molecule has 0 aliphatic carbocycles. The Labute approximate surface area is 116 Å². The van der Waals surface area contributed by atoms with Gasteiger partial charge >= 0.3 is 6.18 Å². The summed E-state index contributed by atoms with van der Waals surface area (Å²) in [5.74, 6) is 0.448. The largest absolute Gasteiger partial charge is 0.417 e. The zero-order valence-corrected chi connectivity index (χ0v) is 11.6. The molecule has 2 atom stereocenters. The number of rotatable bonds is 2. The summed E-state index contributed by atoms with van der Waals surface area (Å²) in [5.41, 5.74) is -0.614. The van der Waals surface area contributed by atoms with Crippen molar-refractivity contribution in [2.75, 3.05) is 11.4 Å². The first-order valence-corrected chi connectivity index (χ1v) is 6.77. The fourth-order valence-electron chi connectivity index (χ4n) is 2.77. The molecule has 1 aromatic rings. The number of anilines is 1. The summed E-state index contributed by atoms with van der Waals surface area (Å²) in [6, 6.07) is 4.16. The summed E-state index contributed by atoms with van der Waals surface area (Å²) in [6.45, 7) is 4.90. The Balaban J connectivity index is 2.40. The van der Waals surface area contributed by atoms with E-state index in [4.69, 9.17) is 0 Å². The van der Waals surface area contributed by atoms with E-state index in [0.717, 1.165) is 25.5 Å². The molecule has 1 aliphatic rings. The molecule has 20 heavy (non-hydrogen) atoms. The van der Waals surface area contributed by atoms with Crippen LogP contribution in [0.3, 0.4) is 0 Å². The lowest BCUT2D eigenvalue weighted by Gasteiger charge is -2.40. The second kappa shape index (κ2) is 5.46. The zero-order chi connectivity index (χ0) is 14.9. The third-order valence-electron chi connectivity index (χ3n) is 4.17. The Kier molecular flexibility index (Phi) is 4.06. The molecular weight excluding hydrogens is 267 g/mol.